The van der Waals surface area contributed by atoms with Gasteiger partial charge in [0, 0.05) is 20.0 Å². The predicted molar refractivity (Wildman–Crippen MR) is 95.9 cm³/mol. The quantitative estimate of drug-likeness (QED) is 0.793. The van der Waals surface area contributed by atoms with Crippen LogP contribution in [0.15, 0.2) is 0 Å². The van der Waals surface area contributed by atoms with Crippen molar-refractivity contribution in [2.75, 3.05) is 13.7 Å². The van der Waals surface area contributed by atoms with Crippen LogP contribution in [0.25, 0.3) is 0 Å². The number of likely N-dealkylation sites (N-methyl/N-ethyl adjacent to an activating group) is 1. The van der Waals surface area contributed by atoms with Crippen LogP contribution in [0.3, 0.4) is 0 Å². The molecule has 1 saturated carbocycles. The Bertz CT molecular complexity index is 598. The fourth-order valence-corrected chi connectivity index (χ4v) is 4.22. The summed E-state index contributed by atoms with van der Waals surface area (Å²) in [6.07, 6.45) is 5.86. The van der Waals surface area contributed by atoms with Crippen molar-refractivity contribution in [2.24, 2.45) is 17.8 Å². The van der Waals surface area contributed by atoms with Crippen molar-refractivity contribution in [2.45, 2.75) is 72.1 Å². The van der Waals surface area contributed by atoms with Crippen LogP contribution in [0.1, 0.15) is 58.1 Å². The molecule has 1 aliphatic heterocycles. The van der Waals surface area contributed by atoms with Crippen molar-refractivity contribution < 1.29 is 9.53 Å². The molecule has 0 saturated heterocycles. The largest absolute Gasteiger partial charge is 0.368 e. The standard InChI is InChI=1S/C19H32N4O2/c1-13(2)15-8-7-14(3)10-16(15)25-12-19(24)22(4)11-18-21-20-17-6-5-9-23(17)18/h13-16H,5-12H2,1-4H3. The number of carbonyl (C=O) groups is 1. The van der Waals surface area contributed by atoms with E-state index in [9.17, 15) is 4.79 Å². The Kier molecular flexibility index (Phi) is 5.77. The molecule has 1 fully saturated rings. The SMILES string of the molecule is CC1CCC(C(C)C)C(OCC(=O)N(C)Cc2nnc3n2CCC3)C1. The van der Waals surface area contributed by atoms with E-state index in [4.69, 9.17) is 4.74 Å². The van der Waals surface area contributed by atoms with Gasteiger partial charge in [-0.1, -0.05) is 27.2 Å². The lowest BCUT2D eigenvalue weighted by Crippen LogP contribution is -2.38. The highest BCUT2D eigenvalue weighted by atomic mass is 16.5. The first-order valence-corrected chi connectivity index (χ1v) is 9.72. The zero-order valence-corrected chi connectivity index (χ0v) is 16.1. The van der Waals surface area contributed by atoms with Gasteiger partial charge >= 0.3 is 0 Å². The van der Waals surface area contributed by atoms with E-state index in [1.165, 1.54) is 12.8 Å². The molecule has 3 unspecified atom stereocenters. The number of fused-ring (bicyclic) bond motifs is 1. The summed E-state index contributed by atoms with van der Waals surface area (Å²) in [4.78, 5) is 14.2. The smallest absolute Gasteiger partial charge is 0.248 e. The van der Waals surface area contributed by atoms with E-state index in [0.29, 0.717) is 24.3 Å². The summed E-state index contributed by atoms with van der Waals surface area (Å²) < 4.78 is 8.23. The third-order valence-electron chi connectivity index (χ3n) is 5.87. The number of hydrogen-bond donors (Lipinski definition) is 0. The molecule has 140 valence electrons. The van der Waals surface area contributed by atoms with E-state index < -0.39 is 0 Å². The molecule has 0 radical (unpaired) electrons. The van der Waals surface area contributed by atoms with Gasteiger partial charge in [-0.25, -0.2) is 0 Å². The molecule has 1 amide bonds. The van der Waals surface area contributed by atoms with E-state index in [-0.39, 0.29) is 18.6 Å². The number of rotatable bonds is 6. The van der Waals surface area contributed by atoms with Gasteiger partial charge in [-0.2, -0.15) is 0 Å². The Balaban J connectivity index is 1.52. The molecule has 2 heterocycles. The highest BCUT2D eigenvalue weighted by molar-refractivity contribution is 5.77. The molecule has 6 nitrogen and oxygen atoms in total. The van der Waals surface area contributed by atoms with Gasteiger partial charge in [-0.3, -0.25) is 4.79 Å². The molecule has 25 heavy (non-hydrogen) atoms. The lowest BCUT2D eigenvalue weighted by Gasteiger charge is -2.37. The summed E-state index contributed by atoms with van der Waals surface area (Å²) in [6.45, 7) is 8.44. The van der Waals surface area contributed by atoms with E-state index in [1.807, 2.05) is 7.05 Å². The number of nitrogens with zero attached hydrogens (tertiary/aromatic N) is 4. The Morgan fingerprint density at radius 3 is 2.92 bits per heavy atom. The van der Waals surface area contributed by atoms with Crippen LogP contribution in [0.2, 0.25) is 0 Å². The lowest BCUT2D eigenvalue weighted by molar-refractivity contribution is -0.141. The molecule has 1 aliphatic carbocycles. The first-order chi connectivity index (χ1) is 12.0. The second-order valence-corrected chi connectivity index (χ2v) is 8.21. The fraction of sp³-hybridized carbons (Fsp3) is 0.842. The number of aromatic nitrogens is 3. The average Bonchev–Trinajstić information content (AvgIpc) is 3.17. The molecule has 3 atom stereocenters. The topological polar surface area (TPSA) is 60.2 Å². The van der Waals surface area contributed by atoms with Gasteiger partial charge < -0.3 is 14.2 Å². The van der Waals surface area contributed by atoms with Gasteiger partial charge in [0.15, 0.2) is 5.82 Å². The van der Waals surface area contributed by atoms with Gasteiger partial charge in [0.05, 0.1) is 12.6 Å². The molecule has 0 bridgehead atoms. The minimum absolute atomic E-state index is 0.0241. The molecule has 0 spiro atoms. The van der Waals surface area contributed by atoms with Gasteiger partial charge in [-0.15, -0.1) is 10.2 Å². The Morgan fingerprint density at radius 1 is 1.36 bits per heavy atom. The van der Waals surface area contributed by atoms with Crippen molar-refractivity contribution >= 4 is 5.91 Å². The van der Waals surface area contributed by atoms with Crippen LogP contribution in [0.5, 0.6) is 0 Å². The lowest BCUT2D eigenvalue weighted by atomic mass is 9.75. The van der Waals surface area contributed by atoms with E-state index in [2.05, 4.69) is 35.5 Å². The summed E-state index contributed by atoms with van der Waals surface area (Å²) in [6, 6.07) is 0. The van der Waals surface area contributed by atoms with Gasteiger partial charge in [-0.05, 0) is 37.0 Å². The highest BCUT2D eigenvalue weighted by Crippen LogP contribution is 2.35. The number of carbonyl (C=O) groups excluding carboxylic acids is 1. The highest BCUT2D eigenvalue weighted by Gasteiger charge is 2.32. The zero-order valence-electron chi connectivity index (χ0n) is 16.1. The van der Waals surface area contributed by atoms with Crippen LogP contribution >= 0.6 is 0 Å². The van der Waals surface area contributed by atoms with Crippen molar-refractivity contribution in [1.82, 2.24) is 19.7 Å². The third kappa shape index (κ3) is 4.22. The molecule has 2 aliphatic rings. The van der Waals surface area contributed by atoms with Crippen molar-refractivity contribution in [3.63, 3.8) is 0 Å². The van der Waals surface area contributed by atoms with Crippen molar-refractivity contribution in [1.29, 1.82) is 0 Å². The first kappa shape index (κ1) is 18.4. The van der Waals surface area contributed by atoms with Crippen molar-refractivity contribution in [3.8, 4) is 0 Å². The Hall–Kier alpha value is -1.43. The monoisotopic (exact) mass is 348 g/mol. The van der Waals surface area contributed by atoms with Crippen LogP contribution < -0.4 is 0 Å². The molecular formula is C19H32N4O2. The fourth-order valence-electron chi connectivity index (χ4n) is 4.22. The van der Waals surface area contributed by atoms with Crippen molar-refractivity contribution in [3.05, 3.63) is 11.6 Å². The van der Waals surface area contributed by atoms with Gasteiger partial charge in [0.2, 0.25) is 5.91 Å². The van der Waals surface area contributed by atoms with E-state index in [0.717, 1.165) is 37.5 Å². The maximum Gasteiger partial charge on any atom is 0.248 e. The molecule has 1 aromatic heterocycles. The molecule has 1 aromatic rings. The second kappa shape index (κ2) is 7.85. The van der Waals surface area contributed by atoms with E-state index >= 15 is 0 Å². The molecular weight excluding hydrogens is 316 g/mol. The summed E-state index contributed by atoms with van der Waals surface area (Å²) in [5.74, 6) is 3.80. The summed E-state index contributed by atoms with van der Waals surface area (Å²) in [5, 5.41) is 8.44. The Morgan fingerprint density at radius 2 is 2.16 bits per heavy atom. The number of amides is 1. The summed E-state index contributed by atoms with van der Waals surface area (Å²) in [5.41, 5.74) is 0. The van der Waals surface area contributed by atoms with Crippen LogP contribution in [-0.2, 0) is 29.0 Å². The predicted octanol–water partition coefficient (Wildman–Crippen LogP) is 2.66. The third-order valence-corrected chi connectivity index (χ3v) is 5.87. The summed E-state index contributed by atoms with van der Waals surface area (Å²) >= 11 is 0. The first-order valence-electron chi connectivity index (χ1n) is 9.72. The zero-order chi connectivity index (χ0) is 18.0. The number of hydrogen-bond acceptors (Lipinski definition) is 4. The van der Waals surface area contributed by atoms with Crippen LogP contribution in [0, 0.1) is 17.8 Å². The van der Waals surface area contributed by atoms with Crippen LogP contribution in [0.4, 0.5) is 0 Å². The minimum atomic E-state index is 0.0241. The van der Waals surface area contributed by atoms with Gasteiger partial charge in [0.1, 0.15) is 12.4 Å². The van der Waals surface area contributed by atoms with E-state index in [1.54, 1.807) is 4.90 Å². The number of ether oxygens (including phenoxy) is 1. The van der Waals surface area contributed by atoms with Gasteiger partial charge in [0.25, 0.3) is 0 Å². The maximum absolute atomic E-state index is 12.5. The average molecular weight is 348 g/mol. The molecule has 0 N–H and O–H groups in total. The summed E-state index contributed by atoms with van der Waals surface area (Å²) in [7, 11) is 1.83. The number of aryl methyl sites for hydroxylation is 1. The Labute approximate surface area is 150 Å². The molecule has 0 aromatic carbocycles. The maximum atomic E-state index is 12.5. The normalized spacial score (nSPS) is 26.0. The minimum Gasteiger partial charge on any atom is -0.368 e. The second-order valence-electron chi connectivity index (χ2n) is 8.21. The molecule has 6 heteroatoms. The van der Waals surface area contributed by atoms with Crippen LogP contribution in [-0.4, -0.2) is 45.3 Å². The molecule has 3 rings (SSSR count).